The van der Waals surface area contributed by atoms with Crippen molar-refractivity contribution in [2.24, 2.45) is 5.92 Å². The first-order valence-corrected chi connectivity index (χ1v) is 6.69. The van der Waals surface area contributed by atoms with Gasteiger partial charge in [0.2, 0.25) is 11.8 Å². The van der Waals surface area contributed by atoms with Crippen molar-refractivity contribution in [2.75, 3.05) is 19.6 Å². The van der Waals surface area contributed by atoms with Gasteiger partial charge >= 0.3 is 0 Å². The van der Waals surface area contributed by atoms with Gasteiger partial charge in [0.15, 0.2) is 0 Å². The Morgan fingerprint density at radius 2 is 2.17 bits per heavy atom. The normalized spacial score (nSPS) is 28.8. The number of carbonyl (C=O) groups excluding carboxylic acids is 2. The van der Waals surface area contributed by atoms with Gasteiger partial charge in [-0.2, -0.15) is 0 Å². The lowest BCUT2D eigenvalue weighted by Crippen LogP contribution is -2.45. The summed E-state index contributed by atoms with van der Waals surface area (Å²) in [6.07, 6.45) is 1.33. The number of rotatable bonds is 2. The summed E-state index contributed by atoms with van der Waals surface area (Å²) in [5.74, 6) is 0.301. The third kappa shape index (κ3) is 2.83. The number of likely N-dealkylation sites (tertiary alicyclic amines) is 1. The van der Waals surface area contributed by atoms with Crippen LogP contribution in [0.3, 0.4) is 0 Å². The van der Waals surface area contributed by atoms with E-state index >= 15 is 0 Å². The van der Waals surface area contributed by atoms with Crippen molar-refractivity contribution in [2.45, 2.75) is 45.2 Å². The van der Waals surface area contributed by atoms with Crippen molar-refractivity contribution in [1.29, 1.82) is 0 Å². The van der Waals surface area contributed by atoms with Crippen molar-refractivity contribution < 1.29 is 9.59 Å². The van der Waals surface area contributed by atoms with Gasteiger partial charge in [0, 0.05) is 25.0 Å². The molecule has 0 aliphatic carbocycles. The first-order valence-electron chi connectivity index (χ1n) is 6.69. The zero-order valence-electron chi connectivity index (χ0n) is 11.5. The maximum absolute atomic E-state index is 12.0. The van der Waals surface area contributed by atoms with Gasteiger partial charge in [0.1, 0.15) is 0 Å². The van der Waals surface area contributed by atoms with E-state index in [1.807, 2.05) is 25.7 Å². The number of amides is 2. The standard InChI is InChI=1S/C13H23N3O2/c1-13(2,3)16-8-10(6-11(16)17)15-12(18)9-4-5-14-7-9/h9-10,14H,4-8H2,1-3H3,(H,15,18). The molecule has 102 valence electrons. The van der Waals surface area contributed by atoms with Crippen LogP contribution in [0, 0.1) is 5.92 Å². The van der Waals surface area contributed by atoms with E-state index in [1.54, 1.807) is 0 Å². The molecule has 0 bridgehead atoms. The highest BCUT2D eigenvalue weighted by Gasteiger charge is 2.37. The highest BCUT2D eigenvalue weighted by atomic mass is 16.2. The van der Waals surface area contributed by atoms with Crippen LogP contribution in [0.4, 0.5) is 0 Å². The van der Waals surface area contributed by atoms with E-state index in [0.29, 0.717) is 13.0 Å². The van der Waals surface area contributed by atoms with Gasteiger partial charge in [0.05, 0.1) is 12.0 Å². The highest BCUT2D eigenvalue weighted by molar-refractivity contribution is 5.83. The summed E-state index contributed by atoms with van der Waals surface area (Å²) in [5, 5.41) is 6.19. The maximum Gasteiger partial charge on any atom is 0.225 e. The second-order valence-electron chi connectivity index (χ2n) is 6.27. The van der Waals surface area contributed by atoms with Crippen molar-refractivity contribution >= 4 is 11.8 Å². The molecular formula is C13H23N3O2. The largest absolute Gasteiger partial charge is 0.351 e. The van der Waals surface area contributed by atoms with Crippen LogP contribution in [0.15, 0.2) is 0 Å². The van der Waals surface area contributed by atoms with E-state index in [0.717, 1.165) is 19.5 Å². The van der Waals surface area contributed by atoms with Gasteiger partial charge in [0.25, 0.3) is 0 Å². The maximum atomic E-state index is 12.0. The van der Waals surface area contributed by atoms with Crippen LogP contribution in [0.2, 0.25) is 0 Å². The van der Waals surface area contributed by atoms with Crippen LogP contribution < -0.4 is 10.6 Å². The third-order valence-electron chi connectivity index (χ3n) is 3.71. The molecule has 2 atom stereocenters. The fourth-order valence-electron chi connectivity index (χ4n) is 2.65. The monoisotopic (exact) mass is 253 g/mol. The fourth-order valence-corrected chi connectivity index (χ4v) is 2.65. The Labute approximate surface area is 108 Å². The molecule has 5 heteroatoms. The topological polar surface area (TPSA) is 61.4 Å². The summed E-state index contributed by atoms with van der Waals surface area (Å²) in [7, 11) is 0. The smallest absolute Gasteiger partial charge is 0.225 e. The van der Waals surface area contributed by atoms with Crippen LogP contribution in [0.25, 0.3) is 0 Å². The number of nitrogens with zero attached hydrogens (tertiary/aromatic N) is 1. The summed E-state index contributed by atoms with van der Waals surface area (Å²) in [6, 6.07) is -0.0233. The van der Waals surface area contributed by atoms with Crippen LogP contribution in [-0.4, -0.2) is 47.9 Å². The van der Waals surface area contributed by atoms with Gasteiger partial charge in [-0.3, -0.25) is 9.59 Å². The van der Waals surface area contributed by atoms with E-state index < -0.39 is 0 Å². The summed E-state index contributed by atoms with van der Waals surface area (Å²) < 4.78 is 0. The van der Waals surface area contributed by atoms with E-state index in [-0.39, 0.29) is 29.3 Å². The Bertz CT molecular complexity index is 343. The lowest BCUT2D eigenvalue weighted by Gasteiger charge is -2.32. The Hall–Kier alpha value is -1.10. The molecule has 2 aliphatic rings. The Balaban J connectivity index is 1.88. The van der Waals surface area contributed by atoms with Gasteiger partial charge < -0.3 is 15.5 Å². The summed E-state index contributed by atoms with van der Waals surface area (Å²) in [6.45, 7) is 8.38. The molecule has 0 aromatic carbocycles. The zero-order chi connectivity index (χ0) is 13.3. The second kappa shape index (κ2) is 4.88. The first kappa shape index (κ1) is 13.3. The van der Waals surface area contributed by atoms with Crippen molar-refractivity contribution in [1.82, 2.24) is 15.5 Å². The van der Waals surface area contributed by atoms with Gasteiger partial charge in [-0.25, -0.2) is 0 Å². The van der Waals surface area contributed by atoms with Crippen LogP contribution in [0.1, 0.15) is 33.6 Å². The molecule has 2 amide bonds. The van der Waals surface area contributed by atoms with Crippen LogP contribution in [0.5, 0.6) is 0 Å². The van der Waals surface area contributed by atoms with Crippen LogP contribution >= 0.6 is 0 Å². The minimum atomic E-state index is -0.161. The lowest BCUT2D eigenvalue weighted by atomic mass is 10.1. The molecule has 18 heavy (non-hydrogen) atoms. The van der Waals surface area contributed by atoms with Crippen LogP contribution in [-0.2, 0) is 9.59 Å². The average molecular weight is 253 g/mol. The Morgan fingerprint density at radius 3 is 2.67 bits per heavy atom. The van der Waals surface area contributed by atoms with Gasteiger partial charge in [-0.1, -0.05) is 0 Å². The third-order valence-corrected chi connectivity index (χ3v) is 3.71. The molecule has 0 spiro atoms. The molecule has 2 N–H and O–H groups in total. The van der Waals surface area contributed by atoms with E-state index in [4.69, 9.17) is 0 Å². The van der Waals surface area contributed by atoms with Gasteiger partial charge in [-0.05, 0) is 33.7 Å². The number of carbonyl (C=O) groups is 2. The number of hydrogen-bond acceptors (Lipinski definition) is 3. The second-order valence-corrected chi connectivity index (χ2v) is 6.27. The predicted molar refractivity (Wildman–Crippen MR) is 69.0 cm³/mol. The van der Waals surface area contributed by atoms with Crippen molar-refractivity contribution in [3.8, 4) is 0 Å². The molecule has 2 heterocycles. The summed E-state index contributed by atoms with van der Waals surface area (Å²) in [4.78, 5) is 25.7. The molecule has 0 aromatic rings. The van der Waals surface area contributed by atoms with Crippen molar-refractivity contribution in [3.05, 3.63) is 0 Å². The molecule has 5 nitrogen and oxygen atoms in total. The average Bonchev–Trinajstić information content (AvgIpc) is 2.85. The predicted octanol–water partition coefficient (Wildman–Crippen LogP) is 0.112. The SMILES string of the molecule is CC(C)(C)N1CC(NC(=O)C2CCNC2)CC1=O. The quantitative estimate of drug-likeness (QED) is 0.734. The molecule has 0 radical (unpaired) electrons. The summed E-state index contributed by atoms with van der Waals surface area (Å²) >= 11 is 0. The first-order chi connectivity index (χ1) is 8.38. The lowest BCUT2D eigenvalue weighted by molar-refractivity contribution is -0.131. The minimum Gasteiger partial charge on any atom is -0.351 e. The molecule has 2 fully saturated rings. The van der Waals surface area contributed by atoms with Gasteiger partial charge in [-0.15, -0.1) is 0 Å². The molecule has 2 saturated heterocycles. The molecular weight excluding hydrogens is 230 g/mol. The number of hydrogen-bond donors (Lipinski definition) is 2. The van der Waals surface area contributed by atoms with Crippen molar-refractivity contribution in [3.63, 3.8) is 0 Å². The number of nitrogens with one attached hydrogen (secondary N) is 2. The minimum absolute atomic E-state index is 0.0233. The van der Waals surface area contributed by atoms with E-state index in [2.05, 4.69) is 10.6 Å². The zero-order valence-corrected chi connectivity index (χ0v) is 11.5. The van der Waals surface area contributed by atoms with E-state index in [9.17, 15) is 9.59 Å². The fraction of sp³-hybridized carbons (Fsp3) is 0.846. The molecule has 2 rings (SSSR count). The molecule has 2 aliphatic heterocycles. The summed E-state index contributed by atoms with van der Waals surface area (Å²) in [5.41, 5.74) is -0.161. The molecule has 0 aromatic heterocycles. The Morgan fingerprint density at radius 1 is 1.44 bits per heavy atom. The molecule has 2 unspecified atom stereocenters. The van der Waals surface area contributed by atoms with E-state index in [1.165, 1.54) is 0 Å². The Kier molecular flexibility index (Phi) is 3.61. The highest BCUT2D eigenvalue weighted by Crippen LogP contribution is 2.22. The molecule has 0 saturated carbocycles.